The maximum Gasteiger partial charge on any atom is 0.254 e. The van der Waals surface area contributed by atoms with Crippen molar-refractivity contribution >= 4 is 34.3 Å². The summed E-state index contributed by atoms with van der Waals surface area (Å²) in [6.07, 6.45) is 2.27. The van der Waals surface area contributed by atoms with Gasteiger partial charge in [0.1, 0.15) is 11.6 Å². The summed E-state index contributed by atoms with van der Waals surface area (Å²) in [7, 11) is 0. The number of nitrogens with zero attached hydrogens (tertiary/aromatic N) is 2. The number of rotatable bonds is 5. The van der Waals surface area contributed by atoms with Gasteiger partial charge < -0.3 is 20.9 Å². The molecule has 0 aromatic heterocycles. The summed E-state index contributed by atoms with van der Waals surface area (Å²) in [5.41, 5.74) is 5.90. The molecule has 1 aromatic rings. The Morgan fingerprint density at radius 1 is 1.50 bits per heavy atom. The van der Waals surface area contributed by atoms with Crippen molar-refractivity contribution in [2.24, 2.45) is 10.9 Å². The number of phenolic OH excluding ortho intramolecular Hbond substituents is 1. The first-order valence-electron chi connectivity index (χ1n) is 6.29. The van der Waals surface area contributed by atoms with E-state index in [1.54, 1.807) is 17.0 Å². The Hall–Kier alpha value is -1.51. The van der Waals surface area contributed by atoms with E-state index in [1.807, 2.05) is 22.6 Å². The molecule has 0 aliphatic heterocycles. The van der Waals surface area contributed by atoms with Gasteiger partial charge in [0.15, 0.2) is 0 Å². The molecule has 7 heteroatoms. The molecule has 1 saturated carbocycles. The molecule has 0 heterocycles. The van der Waals surface area contributed by atoms with Crippen molar-refractivity contribution in [3.05, 3.63) is 27.3 Å². The lowest BCUT2D eigenvalue weighted by atomic mass is 10.1. The number of amidine groups is 1. The smallest absolute Gasteiger partial charge is 0.254 e. The third-order valence-electron chi connectivity index (χ3n) is 3.18. The topological polar surface area (TPSA) is 99.2 Å². The average Bonchev–Trinajstić information content (AvgIpc) is 3.26. The number of hydrogen-bond acceptors (Lipinski definition) is 4. The second-order valence-corrected chi connectivity index (χ2v) is 5.90. The number of carbonyl (C=O) groups is 1. The number of aromatic hydroxyl groups is 1. The molecule has 0 unspecified atom stereocenters. The molecular formula is C13H16IN3O3. The molecule has 2 rings (SSSR count). The number of nitrogens with two attached hydrogens (primary N) is 1. The third kappa shape index (κ3) is 3.53. The summed E-state index contributed by atoms with van der Waals surface area (Å²) in [5.74, 6) is 0.0717. The molecule has 1 fully saturated rings. The number of carbonyl (C=O) groups excluding carboxylic acids is 1. The van der Waals surface area contributed by atoms with Crippen LogP contribution in [0.5, 0.6) is 5.75 Å². The molecule has 0 radical (unpaired) electrons. The predicted molar refractivity (Wildman–Crippen MR) is 82.9 cm³/mol. The Bertz CT molecular complexity index is 544. The van der Waals surface area contributed by atoms with E-state index in [9.17, 15) is 9.90 Å². The summed E-state index contributed by atoms with van der Waals surface area (Å²) in [6.45, 7) is 0.409. The van der Waals surface area contributed by atoms with Crippen LogP contribution in [0.25, 0.3) is 0 Å². The molecule has 4 N–H and O–H groups in total. The monoisotopic (exact) mass is 389 g/mol. The van der Waals surface area contributed by atoms with Crippen LogP contribution in [0.4, 0.5) is 0 Å². The number of hydrogen-bond donors (Lipinski definition) is 3. The van der Waals surface area contributed by atoms with Crippen LogP contribution in [0.15, 0.2) is 23.4 Å². The minimum atomic E-state index is -0.134. The maximum absolute atomic E-state index is 12.5. The Morgan fingerprint density at radius 2 is 2.20 bits per heavy atom. The van der Waals surface area contributed by atoms with Crippen LogP contribution in [0, 0.1) is 3.57 Å². The van der Waals surface area contributed by atoms with Crippen LogP contribution in [0.1, 0.15) is 29.6 Å². The normalized spacial score (nSPS) is 15.2. The fraction of sp³-hybridized carbons (Fsp3) is 0.385. The van der Waals surface area contributed by atoms with Gasteiger partial charge in [-0.1, -0.05) is 5.16 Å². The highest BCUT2D eigenvalue weighted by Gasteiger charge is 2.33. The molecule has 0 atom stereocenters. The first kappa shape index (κ1) is 14.9. The highest BCUT2D eigenvalue weighted by molar-refractivity contribution is 14.1. The van der Waals surface area contributed by atoms with Gasteiger partial charge in [0.05, 0.1) is 3.57 Å². The molecule has 0 spiro atoms. The van der Waals surface area contributed by atoms with Crippen molar-refractivity contribution in [2.45, 2.75) is 25.3 Å². The van der Waals surface area contributed by atoms with Crippen LogP contribution in [-0.2, 0) is 0 Å². The van der Waals surface area contributed by atoms with E-state index < -0.39 is 0 Å². The van der Waals surface area contributed by atoms with Crippen molar-refractivity contribution in [3.63, 3.8) is 0 Å². The molecule has 108 valence electrons. The number of phenols is 1. The van der Waals surface area contributed by atoms with Crippen molar-refractivity contribution < 1.29 is 15.1 Å². The zero-order valence-corrected chi connectivity index (χ0v) is 12.9. The van der Waals surface area contributed by atoms with Gasteiger partial charge in [-0.2, -0.15) is 0 Å². The SMILES string of the molecule is N/C(CCN(C(=O)c1ccc(I)c(O)c1)C1CC1)=N/O. The van der Waals surface area contributed by atoms with Crippen LogP contribution < -0.4 is 5.73 Å². The highest BCUT2D eigenvalue weighted by atomic mass is 127. The quantitative estimate of drug-likeness (QED) is 0.235. The highest BCUT2D eigenvalue weighted by Crippen LogP contribution is 2.29. The van der Waals surface area contributed by atoms with E-state index in [0.717, 1.165) is 12.8 Å². The van der Waals surface area contributed by atoms with Crippen molar-refractivity contribution in [1.29, 1.82) is 0 Å². The van der Waals surface area contributed by atoms with E-state index in [2.05, 4.69) is 5.16 Å². The van der Waals surface area contributed by atoms with Crippen molar-refractivity contribution in [2.75, 3.05) is 6.54 Å². The van der Waals surface area contributed by atoms with Crippen LogP contribution in [0.3, 0.4) is 0 Å². The van der Waals surface area contributed by atoms with E-state index in [4.69, 9.17) is 10.9 Å². The summed E-state index contributed by atoms with van der Waals surface area (Å²) in [4.78, 5) is 14.2. The van der Waals surface area contributed by atoms with Crippen molar-refractivity contribution in [1.82, 2.24) is 4.90 Å². The van der Waals surface area contributed by atoms with Crippen LogP contribution in [-0.4, -0.2) is 39.5 Å². The molecule has 1 amide bonds. The minimum absolute atomic E-state index is 0.101. The molecule has 0 saturated heterocycles. The Kier molecular flexibility index (Phi) is 4.69. The molecule has 1 aliphatic carbocycles. The largest absolute Gasteiger partial charge is 0.507 e. The van der Waals surface area contributed by atoms with Gasteiger partial charge in [-0.15, -0.1) is 0 Å². The van der Waals surface area contributed by atoms with E-state index in [0.29, 0.717) is 22.1 Å². The number of halogens is 1. The number of benzene rings is 1. The number of amides is 1. The Labute approximate surface area is 130 Å². The van der Waals surface area contributed by atoms with Crippen LogP contribution >= 0.6 is 22.6 Å². The minimum Gasteiger partial charge on any atom is -0.507 e. The van der Waals surface area contributed by atoms with Gasteiger partial charge >= 0.3 is 0 Å². The summed E-state index contributed by atoms with van der Waals surface area (Å²) < 4.78 is 0.703. The van der Waals surface area contributed by atoms with Gasteiger partial charge in [-0.05, 0) is 53.6 Å². The zero-order valence-electron chi connectivity index (χ0n) is 10.8. The first-order valence-corrected chi connectivity index (χ1v) is 7.36. The molecule has 20 heavy (non-hydrogen) atoms. The summed E-state index contributed by atoms with van der Waals surface area (Å²) in [6, 6.07) is 5.10. The molecular weight excluding hydrogens is 373 g/mol. The Morgan fingerprint density at radius 3 is 2.75 bits per heavy atom. The summed E-state index contributed by atoms with van der Waals surface area (Å²) in [5, 5.41) is 21.2. The van der Waals surface area contributed by atoms with Crippen LogP contribution in [0.2, 0.25) is 0 Å². The second-order valence-electron chi connectivity index (χ2n) is 4.74. The number of oxime groups is 1. The van der Waals surface area contributed by atoms with Gasteiger partial charge in [0, 0.05) is 24.6 Å². The zero-order chi connectivity index (χ0) is 14.7. The third-order valence-corrected chi connectivity index (χ3v) is 4.09. The standard InChI is InChI=1S/C13H16IN3O3/c14-10-4-1-8(7-11(10)18)13(19)17(9-2-3-9)6-5-12(15)16-20/h1,4,7,9,18,20H,2-3,5-6H2,(H2,15,16). The lowest BCUT2D eigenvalue weighted by Crippen LogP contribution is -2.35. The molecule has 1 aliphatic rings. The first-order chi connectivity index (χ1) is 9.52. The van der Waals surface area contributed by atoms with Crippen molar-refractivity contribution in [3.8, 4) is 5.75 Å². The van der Waals surface area contributed by atoms with E-state index in [1.165, 1.54) is 6.07 Å². The van der Waals surface area contributed by atoms with E-state index in [-0.39, 0.29) is 23.5 Å². The van der Waals surface area contributed by atoms with E-state index >= 15 is 0 Å². The molecule has 0 bridgehead atoms. The van der Waals surface area contributed by atoms with Gasteiger partial charge in [0.2, 0.25) is 0 Å². The molecule has 1 aromatic carbocycles. The van der Waals surface area contributed by atoms with Gasteiger partial charge in [-0.3, -0.25) is 4.79 Å². The predicted octanol–water partition coefficient (Wildman–Crippen LogP) is 1.74. The van der Waals surface area contributed by atoms with Gasteiger partial charge in [0.25, 0.3) is 5.91 Å². The maximum atomic E-state index is 12.5. The average molecular weight is 389 g/mol. The molecule has 6 nitrogen and oxygen atoms in total. The summed E-state index contributed by atoms with van der Waals surface area (Å²) >= 11 is 2.00. The lowest BCUT2D eigenvalue weighted by molar-refractivity contribution is 0.0747. The van der Waals surface area contributed by atoms with Gasteiger partial charge in [-0.25, -0.2) is 0 Å². The second kappa shape index (κ2) is 6.29. The Balaban J connectivity index is 2.12. The lowest BCUT2D eigenvalue weighted by Gasteiger charge is -2.22. The fourth-order valence-electron chi connectivity index (χ4n) is 1.93. The fourth-order valence-corrected chi connectivity index (χ4v) is 2.27.